The van der Waals surface area contributed by atoms with Crippen LogP contribution < -0.4 is 0 Å². The molecule has 23 heavy (non-hydrogen) atoms. The number of nitrogens with zero attached hydrogens (tertiary/aromatic N) is 3. The Hall–Kier alpha value is -1.71. The number of piperidine rings is 1. The van der Waals surface area contributed by atoms with Gasteiger partial charge < -0.3 is 4.90 Å². The topological polar surface area (TPSA) is 19.4 Å². The quantitative estimate of drug-likeness (QED) is 0.817. The maximum Gasteiger partial charge on any atom is 0.0416 e. The largest absolute Gasteiger partial charge is 0.303 e. The zero-order valence-corrected chi connectivity index (χ0v) is 14.1. The van der Waals surface area contributed by atoms with Crippen molar-refractivity contribution in [2.45, 2.75) is 31.8 Å². The van der Waals surface area contributed by atoms with E-state index >= 15 is 0 Å². The molecule has 1 aromatic carbocycles. The normalized spacial score (nSPS) is 16.8. The molecule has 3 nitrogen and oxygen atoms in total. The molecule has 1 aliphatic rings. The number of pyridine rings is 1. The van der Waals surface area contributed by atoms with Gasteiger partial charge in [0.25, 0.3) is 0 Å². The van der Waals surface area contributed by atoms with Gasteiger partial charge in [-0.2, -0.15) is 0 Å². The van der Waals surface area contributed by atoms with Crippen LogP contribution >= 0.6 is 0 Å². The molecule has 2 heterocycles. The Morgan fingerprint density at radius 3 is 2.48 bits per heavy atom. The van der Waals surface area contributed by atoms with Crippen molar-refractivity contribution >= 4 is 0 Å². The molecule has 1 aliphatic heterocycles. The zero-order valence-electron chi connectivity index (χ0n) is 14.1. The Kier molecular flexibility index (Phi) is 5.78. The van der Waals surface area contributed by atoms with E-state index in [9.17, 15) is 0 Å². The first kappa shape index (κ1) is 16.2. The van der Waals surface area contributed by atoms with E-state index in [0.29, 0.717) is 6.04 Å². The van der Waals surface area contributed by atoms with Crippen molar-refractivity contribution in [1.29, 1.82) is 0 Å². The van der Waals surface area contributed by atoms with E-state index in [1.54, 1.807) is 0 Å². The second kappa shape index (κ2) is 8.23. The van der Waals surface area contributed by atoms with Crippen LogP contribution in [0.2, 0.25) is 0 Å². The number of aromatic nitrogens is 1. The van der Waals surface area contributed by atoms with E-state index in [2.05, 4.69) is 64.3 Å². The summed E-state index contributed by atoms with van der Waals surface area (Å²) in [5.74, 6) is 0. The molecule has 1 fully saturated rings. The van der Waals surface area contributed by atoms with Gasteiger partial charge in [-0.15, -0.1) is 0 Å². The maximum atomic E-state index is 4.42. The molecule has 0 unspecified atom stereocenters. The van der Waals surface area contributed by atoms with Crippen molar-refractivity contribution in [3.8, 4) is 0 Å². The lowest BCUT2D eigenvalue weighted by Gasteiger charge is -2.36. The van der Waals surface area contributed by atoms with Gasteiger partial charge in [0, 0.05) is 37.4 Å². The van der Waals surface area contributed by atoms with Crippen LogP contribution in [0.3, 0.4) is 0 Å². The molecule has 0 saturated carbocycles. The summed E-state index contributed by atoms with van der Waals surface area (Å²) in [6.45, 7) is 4.60. The van der Waals surface area contributed by atoms with E-state index in [-0.39, 0.29) is 0 Å². The lowest BCUT2D eigenvalue weighted by molar-refractivity contribution is 0.124. The second-order valence-electron chi connectivity index (χ2n) is 6.54. The number of benzene rings is 1. The highest BCUT2D eigenvalue weighted by Gasteiger charge is 2.22. The van der Waals surface area contributed by atoms with Crippen molar-refractivity contribution in [3.63, 3.8) is 0 Å². The third-order valence-electron chi connectivity index (χ3n) is 4.87. The summed E-state index contributed by atoms with van der Waals surface area (Å²) < 4.78 is 0. The van der Waals surface area contributed by atoms with Crippen LogP contribution in [0.1, 0.15) is 24.1 Å². The van der Waals surface area contributed by atoms with Crippen LogP contribution in [-0.4, -0.2) is 47.5 Å². The molecule has 0 radical (unpaired) electrons. The molecule has 3 rings (SSSR count). The predicted octanol–water partition coefficient (Wildman–Crippen LogP) is 3.22. The first-order valence-corrected chi connectivity index (χ1v) is 8.68. The molecule has 0 amide bonds. The Bertz CT molecular complexity index is 562. The van der Waals surface area contributed by atoms with E-state index in [1.165, 1.54) is 37.2 Å². The highest BCUT2D eigenvalue weighted by atomic mass is 15.2. The van der Waals surface area contributed by atoms with Gasteiger partial charge in [0.15, 0.2) is 0 Å². The summed E-state index contributed by atoms with van der Waals surface area (Å²) in [5, 5.41) is 0. The molecule has 3 heteroatoms. The summed E-state index contributed by atoms with van der Waals surface area (Å²) in [5.41, 5.74) is 2.61. The monoisotopic (exact) mass is 309 g/mol. The minimum atomic E-state index is 0.710. The number of hydrogen-bond donors (Lipinski definition) is 0. The fourth-order valence-corrected chi connectivity index (χ4v) is 3.40. The van der Waals surface area contributed by atoms with Crippen LogP contribution in [0, 0.1) is 0 Å². The van der Waals surface area contributed by atoms with Crippen LogP contribution in [0.25, 0.3) is 0 Å². The van der Waals surface area contributed by atoms with Gasteiger partial charge in [-0.25, -0.2) is 0 Å². The molecule has 122 valence electrons. The number of rotatable bonds is 6. The predicted molar refractivity (Wildman–Crippen MR) is 95.3 cm³/mol. The fraction of sp³-hybridized carbons (Fsp3) is 0.450. The summed E-state index contributed by atoms with van der Waals surface area (Å²) >= 11 is 0. The molecule has 1 aromatic heterocycles. The lowest BCUT2D eigenvalue weighted by atomic mass is 10.0. The first-order chi connectivity index (χ1) is 11.3. The van der Waals surface area contributed by atoms with Gasteiger partial charge in [0.05, 0.1) is 0 Å². The van der Waals surface area contributed by atoms with Gasteiger partial charge in [-0.1, -0.05) is 36.4 Å². The SMILES string of the molecule is CN(Cc1ccccc1)C1CCN(CCc2ccccn2)CC1. The summed E-state index contributed by atoms with van der Waals surface area (Å²) in [4.78, 5) is 9.52. The van der Waals surface area contributed by atoms with Crippen molar-refractivity contribution in [3.05, 3.63) is 66.0 Å². The van der Waals surface area contributed by atoms with Crippen molar-refractivity contribution in [2.24, 2.45) is 0 Å². The smallest absolute Gasteiger partial charge is 0.0416 e. The highest BCUT2D eigenvalue weighted by molar-refractivity contribution is 5.14. The Morgan fingerprint density at radius 2 is 1.78 bits per heavy atom. The molecule has 0 N–H and O–H groups in total. The third-order valence-corrected chi connectivity index (χ3v) is 4.87. The molecule has 0 bridgehead atoms. The Morgan fingerprint density at radius 1 is 1.04 bits per heavy atom. The van der Waals surface area contributed by atoms with E-state index in [1.807, 2.05) is 12.3 Å². The molecule has 0 spiro atoms. The molecular formula is C20H27N3. The summed E-state index contributed by atoms with van der Waals surface area (Å²) in [6, 6.07) is 17.7. The van der Waals surface area contributed by atoms with Gasteiger partial charge in [0.1, 0.15) is 0 Å². The zero-order chi connectivity index (χ0) is 15.9. The summed E-state index contributed by atoms with van der Waals surface area (Å²) in [7, 11) is 2.27. The van der Waals surface area contributed by atoms with E-state index < -0.39 is 0 Å². The Balaban J connectivity index is 1.41. The van der Waals surface area contributed by atoms with E-state index in [0.717, 1.165) is 19.5 Å². The van der Waals surface area contributed by atoms with Gasteiger partial charge in [-0.3, -0.25) is 9.88 Å². The van der Waals surface area contributed by atoms with Crippen LogP contribution in [0.4, 0.5) is 0 Å². The minimum absolute atomic E-state index is 0.710. The highest BCUT2D eigenvalue weighted by Crippen LogP contribution is 2.17. The lowest BCUT2D eigenvalue weighted by Crippen LogP contribution is -2.43. The number of likely N-dealkylation sites (tertiary alicyclic amines) is 1. The first-order valence-electron chi connectivity index (χ1n) is 8.68. The minimum Gasteiger partial charge on any atom is -0.303 e. The Labute approximate surface area is 140 Å². The number of hydrogen-bond acceptors (Lipinski definition) is 3. The van der Waals surface area contributed by atoms with Crippen molar-refractivity contribution in [1.82, 2.24) is 14.8 Å². The van der Waals surface area contributed by atoms with Crippen LogP contribution in [0.15, 0.2) is 54.7 Å². The van der Waals surface area contributed by atoms with Gasteiger partial charge >= 0.3 is 0 Å². The fourth-order valence-electron chi connectivity index (χ4n) is 3.40. The van der Waals surface area contributed by atoms with Crippen LogP contribution in [-0.2, 0) is 13.0 Å². The second-order valence-corrected chi connectivity index (χ2v) is 6.54. The van der Waals surface area contributed by atoms with Crippen LogP contribution in [0.5, 0.6) is 0 Å². The van der Waals surface area contributed by atoms with Gasteiger partial charge in [-0.05, 0) is 50.7 Å². The maximum absolute atomic E-state index is 4.42. The average Bonchev–Trinajstić information content (AvgIpc) is 2.62. The molecule has 1 saturated heterocycles. The third kappa shape index (κ3) is 4.88. The van der Waals surface area contributed by atoms with Gasteiger partial charge in [0.2, 0.25) is 0 Å². The van der Waals surface area contributed by atoms with Crippen molar-refractivity contribution < 1.29 is 0 Å². The molecule has 0 aliphatic carbocycles. The summed E-state index contributed by atoms with van der Waals surface area (Å²) in [6.07, 6.45) is 5.49. The molecular weight excluding hydrogens is 282 g/mol. The van der Waals surface area contributed by atoms with E-state index in [4.69, 9.17) is 0 Å². The standard InChI is InChI=1S/C20H27N3/c1-22(17-18-7-3-2-4-8-18)20-11-15-23(16-12-20)14-10-19-9-5-6-13-21-19/h2-9,13,20H,10-12,14-17H2,1H3. The molecule has 0 atom stereocenters. The average molecular weight is 309 g/mol. The van der Waals surface area contributed by atoms with Crippen molar-refractivity contribution in [2.75, 3.05) is 26.7 Å². The molecule has 2 aromatic rings.